The molecule has 2 aromatic rings. The first-order chi connectivity index (χ1) is 15.7. The van der Waals surface area contributed by atoms with E-state index in [4.69, 9.17) is 14.3 Å². The molecule has 0 aromatic heterocycles. The predicted octanol–water partition coefficient (Wildman–Crippen LogP) is 4.61. The molecule has 6 heteroatoms. The van der Waals surface area contributed by atoms with Crippen molar-refractivity contribution in [1.29, 1.82) is 0 Å². The van der Waals surface area contributed by atoms with Crippen LogP contribution < -0.4 is 9.47 Å². The Labute approximate surface area is 190 Å². The number of oxime groups is 1. The van der Waals surface area contributed by atoms with Gasteiger partial charge in [-0.1, -0.05) is 29.4 Å². The van der Waals surface area contributed by atoms with E-state index in [0.717, 1.165) is 55.8 Å². The van der Waals surface area contributed by atoms with Gasteiger partial charge in [0.1, 0.15) is 18.1 Å². The lowest BCUT2D eigenvalue weighted by atomic mass is 9.94. The molecule has 0 N–H and O–H groups in total. The van der Waals surface area contributed by atoms with Crippen molar-refractivity contribution in [3.8, 4) is 11.5 Å². The third kappa shape index (κ3) is 6.25. The molecule has 1 saturated carbocycles. The van der Waals surface area contributed by atoms with Crippen LogP contribution in [0, 0.1) is 5.41 Å². The van der Waals surface area contributed by atoms with Crippen LogP contribution in [0.1, 0.15) is 43.2 Å². The molecule has 2 fully saturated rings. The van der Waals surface area contributed by atoms with Crippen LogP contribution in [-0.2, 0) is 22.7 Å². The Bertz CT molecular complexity index is 894. The van der Waals surface area contributed by atoms with E-state index in [1.807, 2.05) is 53.4 Å². The molecule has 2 aliphatic rings. The molecule has 1 amide bonds. The Morgan fingerprint density at radius 1 is 0.969 bits per heavy atom. The van der Waals surface area contributed by atoms with Crippen LogP contribution in [0.4, 0.5) is 0 Å². The Kier molecular flexibility index (Phi) is 7.30. The number of likely N-dealkylation sites (tertiary alicyclic amines) is 1. The van der Waals surface area contributed by atoms with Gasteiger partial charge in [0.2, 0.25) is 0 Å². The number of nitrogens with zero attached hydrogens (tertiary/aromatic N) is 2. The average molecular weight is 437 g/mol. The van der Waals surface area contributed by atoms with E-state index in [9.17, 15) is 4.79 Å². The maximum Gasteiger partial charge on any atom is 0.260 e. The molecule has 0 atom stereocenters. The molecule has 1 aliphatic heterocycles. The normalized spacial score (nSPS) is 16.8. The third-order valence-electron chi connectivity index (χ3n) is 6.52. The van der Waals surface area contributed by atoms with E-state index in [2.05, 4.69) is 5.16 Å². The van der Waals surface area contributed by atoms with Crippen LogP contribution in [0.15, 0.2) is 53.7 Å². The monoisotopic (exact) mass is 436 g/mol. The first kappa shape index (κ1) is 22.2. The fraction of sp³-hybridized carbons (Fsp3) is 0.462. The van der Waals surface area contributed by atoms with Gasteiger partial charge in [-0.3, -0.25) is 4.79 Å². The molecular weight excluding hydrogens is 404 g/mol. The van der Waals surface area contributed by atoms with Gasteiger partial charge in [-0.05, 0) is 79.3 Å². The molecular formula is C26H32N2O4. The van der Waals surface area contributed by atoms with E-state index in [1.54, 1.807) is 13.3 Å². The number of carbonyl (C=O) groups excluding carboxylic acids is 1. The summed E-state index contributed by atoms with van der Waals surface area (Å²) in [5, 5.41) is 4.02. The van der Waals surface area contributed by atoms with Crippen molar-refractivity contribution < 1.29 is 19.1 Å². The summed E-state index contributed by atoms with van der Waals surface area (Å²) >= 11 is 0. The number of hydrogen-bond acceptors (Lipinski definition) is 5. The fourth-order valence-electron chi connectivity index (χ4n) is 4.07. The smallest absolute Gasteiger partial charge is 0.260 e. The number of benzene rings is 2. The number of methoxy groups -OCH3 is 1. The molecule has 32 heavy (non-hydrogen) atoms. The number of hydrogen-bond donors (Lipinski definition) is 0. The van der Waals surface area contributed by atoms with Gasteiger partial charge in [0.15, 0.2) is 6.61 Å². The number of rotatable bonds is 10. The molecule has 2 aromatic carbocycles. The minimum Gasteiger partial charge on any atom is -0.497 e. The highest BCUT2D eigenvalue weighted by Crippen LogP contribution is 2.53. The number of ether oxygens (including phenoxy) is 2. The maximum atomic E-state index is 12.4. The molecule has 6 nitrogen and oxygen atoms in total. The van der Waals surface area contributed by atoms with Crippen molar-refractivity contribution >= 4 is 12.1 Å². The first-order valence-corrected chi connectivity index (χ1v) is 11.4. The van der Waals surface area contributed by atoms with E-state index in [-0.39, 0.29) is 12.5 Å². The molecule has 1 heterocycles. The zero-order chi connectivity index (χ0) is 22.2. The average Bonchev–Trinajstić information content (AvgIpc) is 3.60. The molecule has 0 unspecified atom stereocenters. The van der Waals surface area contributed by atoms with Gasteiger partial charge < -0.3 is 19.2 Å². The van der Waals surface area contributed by atoms with Gasteiger partial charge in [-0.15, -0.1) is 0 Å². The number of amides is 1. The summed E-state index contributed by atoms with van der Waals surface area (Å²) < 4.78 is 10.9. The van der Waals surface area contributed by atoms with Crippen molar-refractivity contribution in [3.63, 3.8) is 0 Å². The maximum absolute atomic E-state index is 12.4. The highest BCUT2D eigenvalue weighted by Gasteiger charge is 2.45. The summed E-state index contributed by atoms with van der Waals surface area (Å²) in [5.74, 6) is 1.65. The molecule has 170 valence electrons. The minimum absolute atomic E-state index is 0.0930. The Balaban J connectivity index is 1.11. The van der Waals surface area contributed by atoms with Gasteiger partial charge >= 0.3 is 0 Å². The first-order valence-electron chi connectivity index (χ1n) is 11.4. The second-order valence-corrected chi connectivity index (χ2v) is 8.76. The van der Waals surface area contributed by atoms with Crippen molar-refractivity contribution in [1.82, 2.24) is 4.90 Å². The largest absolute Gasteiger partial charge is 0.497 e. The predicted molar refractivity (Wildman–Crippen MR) is 124 cm³/mol. The van der Waals surface area contributed by atoms with Gasteiger partial charge in [-0.25, -0.2) is 0 Å². The summed E-state index contributed by atoms with van der Waals surface area (Å²) in [6, 6.07) is 15.6. The van der Waals surface area contributed by atoms with Gasteiger partial charge in [0, 0.05) is 19.3 Å². The van der Waals surface area contributed by atoms with Crippen LogP contribution in [0.3, 0.4) is 0 Å². The Morgan fingerprint density at radius 2 is 1.62 bits per heavy atom. The van der Waals surface area contributed by atoms with Crippen molar-refractivity contribution in [2.24, 2.45) is 10.6 Å². The second kappa shape index (κ2) is 10.5. The number of aryl methyl sites for hydroxylation is 1. The summed E-state index contributed by atoms with van der Waals surface area (Å²) in [7, 11) is 1.65. The van der Waals surface area contributed by atoms with Crippen molar-refractivity contribution in [2.45, 2.75) is 45.1 Å². The number of piperidine rings is 1. The van der Waals surface area contributed by atoms with Crippen molar-refractivity contribution in [3.05, 3.63) is 59.7 Å². The molecule has 0 bridgehead atoms. The standard InChI is InChI=1S/C26H32N2O4/c1-30-23-8-6-22(7-9-23)19-32-27-16-2-3-21-4-10-24(11-5-21)31-20-25(29)28-17-14-26(12-13-26)15-18-28/h4-11,16H,2-3,12-15,17-20H2,1H3. The lowest BCUT2D eigenvalue weighted by Gasteiger charge is -2.32. The van der Waals surface area contributed by atoms with E-state index in [0.29, 0.717) is 12.0 Å². The van der Waals surface area contributed by atoms with Crippen molar-refractivity contribution in [2.75, 3.05) is 26.8 Å². The molecule has 1 aliphatic carbocycles. The van der Waals surface area contributed by atoms with E-state index in [1.165, 1.54) is 18.4 Å². The summed E-state index contributed by atoms with van der Waals surface area (Å²) in [6.45, 7) is 2.31. The van der Waals surface area contributed by atoms with Crippen LogP contribution in [0.2, 0.25) is 0 Å². The SMILES string of the molecule is COc1ccc(CON=CCCc2ccc(OCC(=O)N3CCC4(CC3)CC4)cc2)cc1. The minimum atomic E-state index is 0.0930. The van der Waals surface area contributed by atoms with Gasteiger partial charge in [0.25, 0.3) is 5.91 Å². The van der Waals surface area contributed by atoms with Gasteiger partial charge in [-0.2, -0.15) is 0 Å². The lowest BCUT2D eigenvalue weighted by molar-refractivity contribution is -0.134. The van der Waals surface area contributed by atoms with Crippen LogP contribution in [0.25, 0.3) is 0 Å². The van der Waals surface area contributed by atoms with Crippen LogP contribution in [0.5, 0.6) is 11.5 Å². The Morgan fingerprint density at radius 3 is 2.28 bits per heavy atom. The topological polar surface area (TPSA) is 60.4 Å². The summed E-state index contributed by atoms with van der Waals surface area (Å²) in [6.07, 6.45) is 8.45. The molecule has 0 radical (unpaired) electrons. The molecule has 1 spiro atoms. The Hall–Kier alpha value is -3.02. The second-order valence-electron chi connectivity index (χ2n) is 8.76. The van der Waals surface area contributed by atoms with Gasteiger partial charge in [0.05, 0.1) is 7.11 Å². The zero-order valence-corrected chi connectivity index (χ0v) is 18.8. The van der Waals surface area contributed by atoms with Crippen LogP contribution >= 0.6 is 0 Å². The molecule has 1 saturated heterocycles. The fourth-order valence-corrected chi connectivity index (χ4v) is 4.07. The highest BCUT2D eigenvalue weighted by molar-refractivity contribution is 5.77. The number of carbonyl (C=O) groups is 1. The van der Waals surface area contributed by atoms with E-state index >= 15 is 0 Å². The van der Waals surface area contributed by atoms with E-state index < -0.39 is 0 Å². The zero-order valence-electron chi connectivity index (χ0n) is 18.8. The third-order valence-corrected chi connectivity index (χ3v) is 6.52. The quantitative estimate of drug-likeness (QED) is 0.403. The summed E-state index contributed by atoms with van der Waals surface area (Å²) in [5.41, 5.74) is 2.82. The summed E-state index contributed by atoms with van der Waals surface area (Å²) in [4.78, 5) is 19.7. The van der Waals surface area contributed by atoms with Crippen LogP contribution in [-0.4, -0.2) is 43.8 Å². The highest BCUT2D eigenvalue weighted by atomic mass is 16.6. The molecule has 4 rings (SSSR count). The lowest BCUT2D eigenvalue weighted by Crippen LogP contribution is -2.41.